The number of hydrogen-bond donors (Lipinski definition) is 0. The zero-order valence-corrected chi connectivity index (χ0v) is 18.6. The van der Waals surface area contributed by atoms with Crippen LogP contribution in [0.2, 0.25) is 6.55 Å². The Morgan fingerprint density at radius 2 is 0.867 bits per heavy atom. The maximum atomic E-state index is 2.39. The Kier molecular flexibility index (Phi) is 6.43. The van der Waals surface area contributed by atoms with Crippen LogP contribution in [0.25, 0.3) is 0 Å². The fraction of sp³-hybridized carbons (Fsp3) is 0.0370. The molecular formula is C27H26N2Si. The molecule has 0 aliphatic rings. The van der Waals surface area contributed by atoms with Crippen LogP contribution >= 0.6 is 0 Å². The number of benzene rings is 4. The van der Waals surface area contributed by atoms with Crippen LogP contribution in [0.5, 0.6) is 0 Å². The molecule has 0 amide bonds. The van der Waals surface area contributed by atoms with Gasteiger partial charge in [-0.2, -0.15) is 0 Å². The molecule has 0 aliphatic carbocycles. The smallest absolute Gasteiger partial charge is 0.0752 e. The Bertz CT molecular complexity index is 986. The zero-order valence-electron chi connectivity index (χ0n) is 17.2. The minimum absolute atomic E-state index is 0.514. The molecule has 4 rings (SSSR count). The molecule has 0 aromatic heterocycles. The van der Waals surface area contributed by atoms with E-state index < -0.39 is 9.52 Å². The summed E-state index contributed by atoms with van der Waals surface area (Å²) in [6.45, 7) is 2.35. The van der Waals surface area contributed by atoms with Crippen LogP contribution in [0.1, 0.15) is 0 Å². The molecule has 30 heavy (non-hydrogen) atoms. The molecule has 4 aromatic rings. The van der Waals surface area contributed by atoms with Gasteiger partial charge in [0.05, 0.1) is 9.52 Å². The number of anilines is 4. The summed E-state index contributed by atoms with van der Waals surface area (Å²) in [4.78, 5) is 4.69. The quantitative estimate of drug-likeness (QED) is 0.316. The molecule has 3 heteroatoms. The molecule has 4 aromatic carbocycles. The van der Waals surface area contributed by atoms with Gasteiger partial charge in [-0.05, 0) is 48.5 Å². The molecule has 0 unspecified atom stereocenters. The summed E-state index contributed by atoms with van der Waals surface area (Å²) >= 11 is 0. The summed E-state index contributed by atoms with van der Waals surface area (Å²) in [6.07, 6.45) is 2.32. The predicted molar refractivity (Wildman–Crippen MR) is 133 cm³/mol. The van der Waals surface area contributed by atoms with E-state index in [-0.39, 0.29) is 0 Å². The Labute approximate surface area is 181 Å². The first kappa shape index (κ1) is 19.7. The van der Waals surface area contributed by atoms with Gasteiger partial charge in [-0.15, -0.1) is 0 Å². The third kappa shape index (κ3) is 4.53. The highest BCUT2D eigenvalue weighted by Crippen LogP contribution is 2.32. The van der Waals surface area contributed by atoms with Gasteiger partial charge in [-0.3, -0.25) is 0 Å². The van der Waals surface area contributed by atoms with Crippen LogP contribution in [0, 0.1) is 0 Å². The Balaban J connectivity index is 1.85. The highest BCUT2D eigenvalue weighted by atomic mass is 28.2. The molecule has 0 radical (unpaired) electrons. The lowest BCUT2D eigenvalue weighted by molar-refractivity contribution is 1.19. The first-order chi connectivity index (χ1) is 14.9. The number of nitrogens with zero attached hydrogens (tertiary/aromatic N) is 2. The van der Waals surface area contributed by atoms with Crippen LogP contribution in [0.3, 0.4) is 0 Å². The second-order valence-corrected chi connectivity index (χ2v) is 8.45. The fourth-order valence-electron chi connectivity index (χ4n) is 3.57. The fourth-order valence-corrected chi connectivity index (χ4v) is 4.61. The molecule has 0 heterocycles. The normalized spacial score (nSPS) is 11.6. The van der Waals surface area contributed by atoms with Gasteiger partial charge in [-0.1, -0.05) is 79.3 Å². The van der Waals surface area contributed by atoms with Crippen LogP contribution in [-0.2, 0) is 0 Å². The van der Waals surface area contributed by atoms with E-state index >= 15 is 0 Å². The van der Waals surface area contributed by atoms with E-state index in [2.05, 4.69) is 144 Å². The van der Waals surface area contributed by atoms with Crippen molar-refractivity contribution in [2.45, 2.75) is 6.55 Å². The Morgan fingerprint density at radius 3 is 1.20 bits per heavy atom. The molecule has 0 atom stereocenters. The highest BCUT2D eigenvalue weighted by molar-refractivity contribution is 6.45. The summed E-state index contributed by atoms with van der Waals surface area (Å²) in [6, 6.07) is 42.4. The number of rotatable bonds is 7. The second kappa shape index (κ2) is 9.77. The van der Waals surface area contributed by atoms with E-state index in [4.69, 9.17) is 0 Å². The van der Waals surface area contributed by atoms with Gasteiger partial charge in [0.25, 0.3) is 0 Å². The lowest BCUT2D eigenvalue weighted by Gasteiger charge is -2.30. The molecule has 0 spiro atoms. The van der Waals surface area contributed by atoms with E-state index in [1.54, 1.807) is 0 Å². The largest absolute Gasteiger partial charge is 0.318 e. The van der Waals surface area contributed by atoms with Crippen LogP contribution in [0.15, 0.2) is 133 Å². The van der Waals surface area contributed by atoms with Crippen molar-refractivity contribution >= 4 is 32.3 Å². The van der Waals surface area contributed by atoms with Gasteiger partial charge in [0.15, 0.2) is 0 Å². The van der Waals surface area contributed by atoms with Gasteiger partial charge in [0.2, 0.25) is 0 Å². The van der Waals surface area contributed by atoms with E-state index in [0.717, 1.165) is 11.4 Å². The minimum atomic E-state index is -0.514. The van der Waals surface area contributed by atoms with Crippen molar-refractivity contribution in [1.29, 1.82) is 0 Å². The molecule has 0 fully saturated rings. The molecule has 0 bridgehead atoms. The van der Waals surface area contributed by atoms with Crippen molar-refractivity contribution in [3.8, 4) is 0 Å². The van der Waals surface area contributed by atoms with Crippen LogP contribution < -0.4 is 9.80 Å². The maximum Gasteiger partial charge on any atom is 0.0752 e. The molecule has 148 valence electrons. The maximum absolute atomic E-state index is 2.39. The van der Waals surface area contributed by atoms with Gasteiger partial charge < -0.3 is 9.80 Å². The van der Waals surface area contributed by atoms with Gasteiger partial charge >= 0.3 is 0 Å². The van der Waals surface area contributed by atoms with Gasteiger partial charge in [-0.25, -0.2) is 0 Å². The van der Waals surface area contributed by atoms with Crippen molar-refractivity contribution in [2.75, 3.05) is 9.80 Å². The lowest BCUT2D eigenvalue weighted by Crippen LogP contribution is -2.23. The first-order valence-electron chi connectivity index (χ1n) is 10.4. The summed E-state index contributed by atoms with van der Waals surface area (Å²) < 4.78 is 0. The van der Waals surface area contributed by atoms with E-state index in [0.29, 0.717) is 0 Å². The number of para-hydroxylation sites is 4. The van der Waals surface area contributed by atoms with Crippen molar-refractivity contribution in [2.24, 2.45) is 0 Å². The molecule has 0 N–H and O–H groups in total. The standard InChI is InChI=1S/C27H26N2Si/c1-30-27(29(25-18-10-4-11-19-25)26-20-12-5-13-21-26)22-28(23-14-6-2-7-15-23)24-16-8-3-9-17-24/h2-22H,30H2,1H3. The Hall–Kier alpha value is -3.56. The average Bonchev–Trinajstić information content (AvgIpc) is 2.84. The van der Waals surface area contributed by atoms with Crippen LogP contribution in [0.4, 0.5) is 22.7 Å². The SMILES string of the molecule is C[SiH2]C(=CN(c1ccccc1)c1ccccc1)N(c1ccccc1)c1ccccc1. The zero-order chi connectivity index (χ0) is 20.6. The summed E-state index contributed by atoms with van der Waals surface area (Å²) in [5.41, 5.74) is 4.69. The van der Waals surface area contributed by atoms with Crippen molar-refractivity contribution in [3.05, 3.63) is 133 Å². The monoisotopic (exact) mass is 406 g/mol. The molecule has 2 nitrogen and oxygen atoms in total. The third-order valence-corrected chi connectivity index (χ3v) is 6.25. The number of hydrogen-bond acceptors (Lipinski definition) is 2. The lowest BCUT2D eigenvalue weighted by atomic mass is 10.2. The predicted octanol–water partition coefficient (Wildman–Crippen LogP) is 6.68. The minimum Gasteiger partial charge on any atom is -0.318 e. The van der Waals surface area contributed by atoms with Crippen molar-refractivity contribution in [1.82, 2.24) is 0 Å². The molecular weight excluding hydrogens is 380 g/mol. The van der Waals surface area contributed by atoms with Crippen molar-refractivity contribution in [3.63, 3.8) is 0 Å². The van der Waals surface area contributed by atoms with Gasteiger partial charge in [0.1, 0.15) is 0 Å². The second-order valence-electron chi connectivity index (χ2n) is 7.02. The van der Waals surface area contributed by atoms with Crippen molar-refractivity contribution < 1.29 is 0 Å². The molecule has 0 saturated carbocycles. The molecule has 0 saturated heterocycles. The topological polar surface area (TPSA) is 6.48 Å². The van der Waals surface area contributed by atoms with Gasteiger partial charge in [0, 0.05) is 34.3 Å². The van der Waals surface area contributed by atoms with E-state index in [1.165, 1.54) is 16.7 Å². The molecule has 0 aliphatic heterocycles. The van der Waals surface area contributed by atoms with E-state index in [1.807, 2.05) is 0 Å². The third-order valence-electron chi connectivity index (χ3n) is 5.03. The first-order valence-corrected chi connectivity index (χ1v) is 12.5. The average molecular weight is 407 g/mol. The van der Waals surface area contributed by atoms with Crippen LogP contribution in [-0.4, -0.2) is 9.52 Å². The Morgan fingerprint density at radius 1 is 0.533 bits per heavy atom. The summed E-state index contributed by atoms with van der Waals surface area (Å²) in [5.74, 6) is 0. The van der Waals surface area contributed by atoms with E-state index in [9.17, 15) is 0 Å². The highest BCUT2D eigenvalue weighted by Gasteiger charge is 2.16. The summed E-state index contributed by atoms with van der Waals surface area (Å²) in [5, 5.41) is 1.35. The summed E-state index contributed by atoms with van der Waals surface area (Å²) in [7, 11) is -0.514.